The molecule has 0 unspecified atom stereocenters. The van der Waals surface area contributed by atoms with Gasteiger partial charge in [-0.3, -0.25) is 9.89 Å². The standard InChI is InChI=1S/C17H17N3O/c1-11(2)14-5-3-4-6-16(14)19-17(21)12-7-8-15-13(9-12)10-18-20-15/h3-11H,1-2H3,(H,18,20)(H,19,21). The minimum absolute atomic E-state index is 0.105. The highest BCUT2D eigenvalue weighted by Gasteiger charge is 2.11. The average molecular weight is 279 g/mol. The van der Waals surface area contributed by atoms with Gasteiger partial charge < -0.3 is 5.32 Å². The molecule has 0 aliphatic rings. The lowest BCUT2D eigenvalue weighted by atomic mass is 10.0. The van der Waals surface area contributed by atoms with Gasteiger partial charge in [-0.25, -0.2) is 0 Å². The molecule has 0 aliphatic heterocycles. The summed E-state index contributed by atoms with van der Waals surface area (Å²) < 4.78 is 0. The smallest absolute Gasteiger partial charge is 0.255 e. The highest BCUT2D eigenvalue weighted by Crippen LogP contribution is 2.24. The lowest BCUT2D eigenvalue weighted by molar-refractivity contribution is 0.102. The molecule has 0 aliphatic carbocycles. The zero-order valence-electron chi connectivity index (χ0n) is 12.1. The van der Waals surface area contributed by atoms with Crippen molar-refractivity contribution in [3.8, 4) is 0 Å². The number of fused-ring (bicyclic) bond motifs is 1. The van der Waals surface area contributed by atoms with Gasteiger partial charge >= 0.3 is 0 Å². The molecule has 2 aromatic carbocycles. The van der Waals surface area contributed by atoms with Crippen LogP contribution in [0.3, 0.4) is 0 Å². The Balaban J connectivity index is 1.89. The van der Waals surface area contributed by atoms with Crippen LogP contribution in [0.5, 0.6) is 0 Å². The first kappa shape index (κ1) is 13.4. The molecule has 4 heteroatoms. The van der Waals surface area contributed by atoms with E-state index < -0.39 is 0 Å². The van der Waals surface area contributed by atoms with Gasteiger partial charge in [0.2, 0.25) is 0 Å². The Bertz CT molecular complexity index is 789. The van der Waals surface area contributed by atoms with Gasteiger partial charge in [0.25, 0.3) is 5.91 Å². The van der Waals surface area contributed by atoms with E-state index in [0.717, 1.165) is 22.2 Å². The number of aromatic amines is 1. The van der Waals surface area contributed by atoms with Crippen molar-refractivity contribution in [2.75, 3.05) is 5.32 Å². The van der Waals surface area contributed by atoms with E-state index in [2.05, 4.69) is 29.4 Å². The van der Waals surface area contributed by atoms with Crippen LogP contribution in [0.1, 0.15) is 35.7 Å². The third kappa shape index (κ3) is 2.65. The monoisotopic (exact) mass is 279 g/mol. The van der Waals surface area contributed by atoms with Crippen LogP contribution in [-0.4, -0.2) is 16.1 Å². The van der Waals surface area contributed by atoms with Gasteiger partial charge in [0.1, 0.15) is 0 Å². The predicted molar refractivity (Wildman–Crippen MR) is 84.6 cm³/mol. The maximum atomic E-state index is 12.4. The maximum absolute atomic E-state index is 12.4. The van der Waals surface area contributed by atoms with Crippen molar-refractivity contribution in [2.45, 2.75) is 19.8 Å². The zero-order valence-corrected chi connectivity index (χ0v) is 12.1. The maximum Gasteiger partial charge on any atom is 0.255 e. The molecule has 0 spiro atoms. The summed E-state index contributed by atoms with van der Waals surface area (Å²) in [5.41, 5.74) is 3.55. The summed E-state index contributed by atoms with van der Waals surface area (Å²) in [4.78, 5) is 12.4. The van der Waals surface area contributed by atoms with Gasteiger partial charge in [-0.2, -0.15) is 5.10 Å². The number of hydrogen-bond acceptors (Lipinski definition) is 2. The summed E-state index contributed by atoms with van der Waals surface area (Å²) in [7, 11) is 0. The molecular formula is C17H17N3O. The van der Waals surface area contributed by atoms with Gasteiger partial charge in [-0.05, 0) is 35.7 Å². The fourth-order valence-electron chi connectivity index (χ4n) is 2.39. The van der Waals surface area contributed by atoms with E-state index in [0.29, 0.717) is 11.5 Å². The van der Waals surface area contributed by atoms with Gasteiger partial charge in [0.15, 0.2) is 0 Å². The molecule has 2 N–H and O–H groups in total. The number of aromatic nitrogens is 2. The van der Waals surface area contributed by atoms with E-state index in [1.807, 2.05) is 36.4 Å². The molecule has 1 amide bonds. The Hall–Kier alpha value is -2.62. The van der Waals surface area contributed by atoms with Crippen LogP contribution in [0.15, 0.2) is 48.7 Å². The van der Waals surface area contributed by atoms with Gasteiger partial charge in [0.05, 0.1) is 11.7 Å². The van der Waals surface area contributed by atoms with E-state index in [9.17, 15) is 4.79 Å². The highest BCUT2D eigenvalue weighted by atomic mass is 16.1. The second-order valence-electron chi connectivity index (χ2n) is 5.37. The van der Waals surface area contributed by atoms with E-state index in [-0.39, 0.29) is 5.91 Å². The Morgan fingerprint density at radius 3 is 2.81 bits per heavy atom. The fourth-order valence-corrected chi connectivity index (χ4v) is 2.39. The molecule has 0 radical (unpaired) electrons. The molecule has 0 bridgehead atoms. The Kier molecular flexibility index (Phi) is 3.44. The van der Waals surface area contributed by atoms with Crippen LogP contribution in [0.2, 0.25) is 0 Å². The summed E-state index contributed by atoms with van der Waals surface area (Å²) in [5, 5.41) is 10.8. The third-order valence-corrected chi connectivity index (χ3v) is 3.53. The summed E-state index contributed by atoms with van der Waals surface area (Å²) in [6.45, 7) is 4.23. The summed E-state index contributed by atoms with van der Waals surface area (Å²) in [6, 6.07) is 13.4. The highest BCUT2D eigenvalue weighted by molar-refractivity contribution is 6.06. The van der Waals surface area contributed by atoms with Crippen molar-refractivity contribution in [1.82, 2.24) is 10.2 Å². The Labute approximate surface area is 123 Å². The number of carbonyl (C=O) groups is 1. The first-order valence-electron chi connectivity index (χ1n) is 6.98. The molecule has 3 rings (SSSR count). The number of rotatable bonds is 3. The fraction of sp³-hybridized carbons (Fsp3) is 0.176. The second-order valence-corrected chi connectivity index (χ2v) is 5.37. The van der Waals surface area contributed by atoms with E-state index in [1.54, 1.807) is 12.3 Å². The first-order valence-corrected chi connectivity index (χ1v) is 6.98. The predicted octanol–water partition coefficient (Wildman–Crippen LogP) is 3.94. The van der Waals surface area contributed by atoms with Crippen LogP contribution in [0.4, 0.5) is 5.69 Å². The third-order valence-electron chi connectivity index (χ3n) is 3.53. The molecule has 4 nitrogen and oxygen atoms in total. The number of para-hydroxylation sites is 1. The number of amides is 1. The molecule has 21 heavy (non-hydrogen) atoms. The molecule has 1 heterocycles. The summed E-state index contributed by atoms with van der Waals surface area (Å²) in [6.07, 6.45) is 1.72. The number of H-pyrrole nitrogens is 1. The number of hydrogen-bond donors (Lipinski definition) is 2. The van der Waals surface area contributed by atoms with Gasteiger partial charge in [-0.15, -0.1) is 0 Å². The second kappa shape index (κ2) is 5.40. The van der Waals surface area contributed by atoms with Crippen LogP contribution in [-0.2, 0) is 0 Å². The van der Waals surface area contributed by atoms with Gasteiger partial charge in [-0.1, -0.05) is 32.0 Å². The largest absolute Gasteiger partial charge is 0.322 e. The number of benzene rings is 2. The van der Waals surface area contributed by atoms with Crippen molar-refractivity contribution in [1.29, 1.82) is 0 Å². The van der Waals surface area contributed by atoms with Crippen molar-refractivity contribution in [3.05, 3.63) is 59.8 Å². The molecular weight excluding hydrogens is 262 g/mol. The van der Waals surface area contributed by atoms with Crippen molar-refractivity contribution >= 4 is 22.5 Å². The van der Waals surface area contributed by atoms with Crippen LogP contribution in [0.25, 0.3) is 10.9 Å². The number of anilines is 1. The number of nitrogens with one attached hydrogen (secondary N) is 2. The number of nitrogens with zero attached hydrogens (tertiary/aromatic N) is 1. The lowest BCUT2D eigenvalue weighted by Crippen LogP contribution is -2.13. The van der Waals surface area contributed by atoms with E-state index >= 15 is 0 Å². The Morgan fingerprint density at radius 1 is 1.19 bits per heavy atom. The summed E-state index contributed by atoms with van der Waals surface area (Å²) >= 11 is 0. The van der Waals surface area contributed by atoms with E-state index in [1.165, 1.54) is 0 Å². The van der Waals surface area contributed by atoms with Crippen LogP contribution in [0, 0.1) is 0 Å². The van der Waals surface area contributed by atoms with Crippen molar-refractivity contribution in [2.24, 2.45) is 0 Å². The lowest BCUT2D eigenvalue weighted by Gasteiger charge is -2.13. The SMILES string of the molecule is CC(C)c1ccccc1NC(=O)c1ccc2[nH]ncc2c1. The Morgan fingerprint density at radius 2 is 2.00 bits per heavy atom. The molecule has 0 saturated heterocycles. The molecule has 3 aromatic rings. The van der Waals surface area contributed by atoms with Gasteiger partial charge in [0, 0.05) is 16.6 Å². The average Bonchev–Trinajstić information content (AvgIpc) is 2.94. The quantitative estimate of drug-likeness (QED) is 0.763. The normalized spacial score (nSPS) is 11.0. The zero-order chi connectivity index (χ0) is 14.8. The minimum atomic E-state index is -0.105. The van der Waals surface area contributed by atoms with Crippen molar-refractivity contribution < 1.29 is 4.79 Å². The topological polar surface area (TPSA) is 57.8 Å². The molecule has 0 saturated carbocycles. The molecule has 0 atom stereocenters. The molecule has 1 aromatic heterocycles. The first-order chi connectivity index (χ1) is 10.1. The minimum Gasteiger partial charge on any atom is -0.322 e. The summed E-state index contributed by atoms with van der Waals surface area (Å²) in [5.74, 6) is 0.254. The molecule has 106 valence electrons. The van der Waals surface area contributed by atoms with Crippen LogP contribution >= 0.6 is 0 Å². The van der Waals surface area contributed by atoms with Crippen LogP contribution < -0.4 is 5.32 Å². The van der Waals surface area contributed by atoms with Crippen molar-refractivity contribution in [3.63, 3.8) is 0 Å². The molecule has 0 fully saturated rings. The van der Waals surface area contributed by atoms with E-state index in [4.69, 9.17) is 0 Å². The number of carbonyl (C=O) groups excluding carboxylic acids is 1.